The average Bonchev–Trinajstić information content (AvgIpc) is 3.05. The molecule has 0 saturated carbocycles. The van der Waals surface area contributed by atoms with E-state index in [9.17, 15) is 9.59 Å². The Morgan fingerprint density at radius 1 is 0.804 bits per heavy atom. The van der Waals surface area contributed by atoms with Gasteiger partial charge in [-0.1, -0.05) is 91.0 Å². The minimum absolute atomic E-state index is 0.0379. The van der Waals surface area contributed by atoms with Gasteiger partial charge in [-0.2, -0.15) is 0 Å². The van der Waals surface area contributed by atoms with Crippen LogP contribution < -0.4 is 20.9 Å². The molecule has 1 unspecified atom stereocenters. The molecule has 0 radical (unpaired) electrons. The van der Waals surface area contributed by atoms with Gasteiger partial charge in [0.25, 0.3) is 0 Å². The number of anilines is 2. The number of nitrogens with one attached hydrogen (secondary N) is 3. The quantitative estimate of drug-likeness (QED) is 0.150. The molecule has 0 spiro atoms. The van der Waals surface area contributed by atoms with Crippen LogP contribution >= 0.6 is 0 Å². The molecule has 238 valence electrons. The molecule has 0 aromatic heterocycles. The average molecular weight is 618 g/mol. The normalized spacial score (nSPS) is 15.1. The topological polar surface area (TPSA) is 95.1 Å². The lowest BCUT2D eigenvalue weighted by atomic mass is 9.96. The summed E-state index contributed by atoms with van der Waals surface area (Å²) in [5.41, 5.74) is 5.68. The van der Waals surface area contributed by atoms with Crippen molar-refractivity contribution in [2.75, 3.05) is 23.3 Å². The first-order valence-electron chi connectivity index (χ1n) is 15.9. The molecule has 0 bridgehead atoms. The van der Waals surface area contributed by atoms with E-state index in [1.54, 1.807) is 0 Å². The second kappa shape index (κ2) is 15.3. The summed E-state index contributed by atoms with van der Waals surface area (Å²) in [4.78, 5) is 32.6. The van der Waals surface area contributed by atoms with Gasteiger partial charge >= 0.3 is 6.09 Å². The first-order valence-corrected chi connectivity index (χ1v) is 15.9. The van der Waals surface area contributed by atoms with E-state index in [2.05, 4.69) is 63.3 Å². The summed E-state index contributed by atoms with van der Waals surface area (Å²) in [6.07, 6.45) is 1.36. The summed E-state index contributed by atoms with van der Waals surface area (Å²) in [6.45, 7) is 7.06. The summed E-state index contributed by atoms with van der Waals surface area (Å²) in [6, 6.07) is 36.4. The highest BCUT2D eigenvalue weighted by Gasteiger charge is 2.33. The molecule has 1 aliphatic heterocycles. The number of hydrogen-bond acceptors (Lipinski definition) is 4. The molecule has 2 amide bonds. The third-order valence-corrected chi connectivity index (χ3v) is 7.58. The van der Waals surface area contributed by atoms with Crippen molar-refractivity contribution < 1.29 is 14.3 Å². The summed E-state index contributed by atoms with van der Waals surface area (Å²) >= 11 is 0. The lowest BCUT2D eigenvalue weighted by molar-refractivity contribution is -0.121. The van der Waals surface area contributed by atoms with Crippen LogP contribution in [0.4, 0.5) is 16.2 Å². The van der Waals surface area contributed by atoms with Crippen molar-refractivity contribution in [1.82, 2.24) is 10.6 Å². The second-order valence-electron chi connectivity index (χ2n) is 12.3. The van der Waals surface area contributed by atoms with E-state index in [0.29, 0.717) is 25.6 Å². The van der Waals surface area contributed by atoms with Crippen LogP contribution in [0.1, 0.15) is 57.2 Å². The Hall–Kier alpha value is -5.11. The van der Waals surface area contributed by atoms with Gasteiger partial charge in [0.2, 0.25) is 11.9 Å². The Kier molecular flexibility index (Phi) is 10.7. The number of nitrogens with zero attached hydrogens (tertiary/aromatic N) is 2. The third-order valence-electron chi connectivity index (χ3n) is 7.58. The van der Waals surface area contributed by atoms with E-state index < -0.39 is 11.7 Å². The van der Waals surface area contributed by atoms with Crippen molar-refractivity contribution in [3.63, 3.8) is 0 Å². The number of unbranched alkanes of at least 4 members (excludes halogenated alkanes) is 1. The monoisotopic (exact) mass is 617 g/mol. The lowest BCUT2D eigenvalue weighted by Crippen LogP contribution is -2.45. The fourth-order valence-corrected chi connectivity index (χ4v) is 5.40. The summed E-state index contributed by atoms with van der Waals surface area (Å²) in [7, 11) is 0. The number of benzene rings is 4. The Morgan fingerprint density at radius 3 is 2.17 bits per heavy atom. The Morgan fingerprint density at radius 2 is 1.46 bits per heavy atom. The summed E-state index contributed by atoms with van der Waals surface area (Å²) < 4.78 is 5.33. The lowest BCUT2D eigenvalue weighted by Gasteiger charge is -2.40. The molecule has 1 atom stereocenters. The fraction of sp³-hybridized carbons (Fsp3) is 0.289. The molecule has 4 aromatic rings. The van der Waals surface area contributed by atoms with Gasteiger partial charge in [0, 0.05) is 31.0 Å². The van der Waals surface area contributed by atoms with Crippen LogP contribution in [-0.4, -0.2) is 36.7 Å². The number of rotatable bonds is 11. The molecular weight excluding hydrogens is 574 g/mol. The van der Waals surface area contributed by atoms with Crippen LogP contribution in [0.2, 0.25) is 0 Å². The summed E-state index contributed by atoms with van der Waals surface area (Å²) in [5.74, 6) is 0.649. The van der Waals surface area contributed by atoms with Gasteiger partial charge in [0.1, 0.15) is 5.60 Å². The van der Waals surface area contributed by atoms with Crippen molar-refractivity contribution in [3.8, 4) is 11.1 Å². The zero-order chi connectivity index (χ0) is 32.4. The highest BCUT2D eigenvalue weighted by Crippen LogP contribution is 2.39. The van der Waals surface area contributed by atoms with Crippen LogP contribution in [0.15, 0.2) is 114 Å². The van der Waals surface area contributed by atoms with Gasteiger partial charge in [0.05, 0.1) is 12.5 Å². The third kappa shape index (κ3) is 8.97. The van der Waals surface area contributed by atoms with Gasteiger partial charge in [-0.3, -0.25) is 9.79 Å². The Labute approximate surface area is 271 Å². The highest BCUT2D eigenvalue weighted by atomic mass is 16.6. The molecule has 8 heteroatoms. The van der Waals surface area contributed by atoms with Gasteiger partial charge in [-0.15, -0.1) is 0 Å². The number of carbonyl (C=O) groups excluding carboxylic acids is 2. The number of para-hydroxylation sites is 1. The van der Waals surface area contributed by atoms with Gasteiger partial charge in [-0.25, -0.2) is 4.79 Å². The molecule has 0 aliphatic carbocycles. The molecule has 0 fully saturated rings. The molecular formula is C38H43N5O3. The number of alkyl carbamates (subject to hydrolysis) is 1. The van der Waals surface area contributed by atoms with E-state index in [0.717, 1.165) is 46.5 Å². The van der Waals surface area contributed by atoms with Gasteiger partial charge < -0.3 is 25.6 Å². The second-order valence-corrected chi connectivity index (χ2v) is 12.3. The molecule has 46 heavy (non-hydrogen) atoms. The van der Waals surface area contributed by atoms with Crippen molar-refractivity contribution in [2.45, 2.75) is 58.2 Å². The van der Waals surface area contributed by atoms with Crippen LogP contribution in [0.5, 0.6) is 0 Å². The standard InChI is InChI=1S/C38H43N5O3/c1-38(2,3)46-37(45)40-25-13-12-24-39-36-42-33-19-11-10-18-32(33)34(26-35(44)41-27-28-14-6-4-7-15-28)43(36)31-22-20-30(21-23-31)29-16-8-5-9-17-29/h4-11,14-23,34H,12-13,24-27H2,1-3H3,(H,39,42)(H,40,45)(H,41,44). The highest BCUT2D eigenvalue weighted by molar-refractivity contribution is 6.09. The van der Waals surface area contributed by atoms with E-state index in [4.69, 9.17) is 9.73 Å². The van der Waals surface area contributed by atoms with Crippen LogP contribution in [0.3, 0.4) is 0 Å². The Balaban J connectivity index is 1.37. The smallest absolute Gasteiger partial charge is 0.407 e. The minimum atomic E-state index is -0.531. The minimum Gasteiger partial charge on any atom is -0.444 e. The zero-order valence-electron chi connectivity index (χ0n) is 26.8. The van der Waals surface area contributed by atoms with Crippen LogP contribution in [0, 0.1) is 0 Å². The number of aliphatic imine (C=N–C) groups is 1. The molecule has 0 saturated heterocycles. The maximum Gasteiger partial charge on any atom is 0.407 e. The summed E-state index contributed by atoms with van der Waals surface area (Å²) in [5, 5.41) is 9.47. The van der Waals surface area contributed by atoms with Gasteiger partial charge in [0.15, 0.2) is 0 Å². The maximum atomic E-state index is 13.4. The predicted octanol–water partition coefficient (Wildman–Crippen LogP) is 7.69. The number of fused-ring (bicyclic) bond motifs is 1. The Bertz CT molecular complexity index is 1620. The van der Waals surface area contributed by atoms with Crippen molar-refractivity contribution in [1.29, 1.82) is 0 Å². The number of amides is 2. The number of carbonyl (C=O) groups is 2. The largest absolute Gasteiger partial charge is 0.444 e. The first-order chi connectivity index (χ1) is 22.3. The predicted molar refractivity (Wildman–Crippen MR) is 186 cm³/mol. The zero-order valence-corrected chi connectivity index (χ0v) is 26.8. The van der Waals surface area contributed by atoms with Crippen LogP contribution in [0.25, 0.3) is 11.1 Å². The fourth-order valence-electron chi connectivity index (χ4n) is 5.40. The molecule has 1 aliphatic rings. The van der Waals surface area contributed by atoms with Crippen molar-refractivity contribution >= 4 is 29.3 Å². The molecule has 1 heterocycles. The SMILES string of the molecule is CC(C)(C)OC(=O)NCCCCN=C1Nc2ccccc2C(CC(=O)NCc2ccccc2)N1c1ccc(-c2ccccc2)cc1. The van der Waals surface area contributed by atoms with Crippen molar-refractivity contribution in [2.24, 2.45) is 4.99 Å². The number of guanidine groups is 1. The number of hydrogen-bond donors (Lipinski definition) is 3. The van der Waals surface area contributed by atoms with Crippen LogP contribution in [-0.2, 0) is 16.1 Å². The van der Waals surface area contributed by atoms with E-state index >= 15 is 0 Å². The van der Waals surface area contributed by atoms with Gasteiger partial charge in [-0.05, 0) is 74.1 Å². The van der Waals surface area contributed by atoms with E-state index in [-0.39, 0.29) is 18.4 Å². The molecule has 3 N–H and O–H groups in total. The maximum absolute atomic E-state index is 13.4. The van der Waals surface area contributed by atoms with E-state index in [1.807, 2.05) is 87.5 Å². The molecule has 8 nitrogen and oxygen atoms in total. The number of ether oxygens (including phenoxy) is 1. The van der Waals surface area contributed by atoms with Crippen molar-refractivity contribution in [3.05, 3.63) is 120 Å². The van der Waals surface area contributed by atoms with E-state index in [1.165, 1.54) is 0 Å². The molecule has 5 rings (SSSR count). The molecule has 4 aromatic carbocycles. The first kappa shape index (κ1) is 32.3.